The number of aromatic nitrogens is 1. The van der Waals surface area contributed by atoms with Crippen molar-refractivity contribution in [3.63, 3.8) is 0 Å². The number of hydrogen-bond acceptors (Lipinski definition) is 4. The van der Waals surface area contributed by atoms with E-state index in [0.29, 0.717) is 17.9 Å². The summed E-state index contributed by atoms with van der Waals surface area (Å²) in [6, 6.07) is 10.2. The second-order valence-corrected chi connectivity index (χ2v) is 7.57. The van der Waals surface area contributed by atoms with E-state index in [1.54, 1.807) is 43.5 Å². The number of nitrogens with zero attached hydrogens (tertiary/aromatic N) is 2. The third-order valence-corrected chi connectivity index (χ3v) is 5.66. The summed E-state index contributed by atoms with van der Waals surface area (Å²) in [5.41, 5.74) is 1.73. The minimum Gasteiger partial charge on any atom is -0.306 e. The lowest BCUT2D eigenvalue weighted by molar-refractivity contribution is 0.0983. The van der Waals surface area contributed by atoms with E-state index >= 15 is 0 Å². The van der Waals surface area contributed by atoms with Crippen molar-refractivity contribution in [1.82, 2.24) is 4.98 Å². The molecule has 24 heavy (non-hydrogen) atoms. The first-order chi connectivity index (χ1) is 11.4. The number of amides is 1. The van der Waals surface area contributed by atoms with Crippen molar-refractivity contribution < 1.29 is 13.2 Å². The first-order valence-corrected chi connectivity index (χ1v) is 9.68. The second kappa shape index (κ2) is 7.57. The average Bonchev–Trinajstić information content (AvgIpc) is 2.62. The van der Waals surface area contributed by atoms with Crippen LogP contribution in [0.1, 0.15) is 36.8 Å². The van der Waals surface area contributed by atoms with Crippen LogP contribution in [0.5, 0.6) is 0 Å². The van der Waals surface area contributed by atoms with Crippen LogP contribution in [0, 0.1) is 0 Å². The fraction of sp³-hybridized carbons (Fsp3) is 0.333. The van der Waals surface area contributed by atoms with Crippen LogP contribution in [0.25, 0.3) is 0 Å². The molecule has 6 heteroatoms. The molecule has 5 nitrogen and oxygen atoms in total. The zero-order valence-corrected chi connectivity index (χ0v) is 15.0. The lowest BCUT2D eigenvalue weighted by Crippen LogP contribution is -2.32. The molecule has 1 heterocycles. The molecule has 0 saturated carbocycles. The van der Waals surface area contributed by atoms with Gasteiger partial charge in [0.05, 0.1) is 16.3 Å². The first kappa shape index (κ1) is 18.1. The predicted octanol–water partition coefficient (Wildman–Crippen LogP) is 3.10. The molecule has 0 bridgehead atoms. The smallest absolute Gasteiger partial charge is 0.276 e. The number of sulfone groups is 1. The Morgan fingerprint density at radius 2 is 1.83 bits per heavy atom. The van der Waals surface area contributed by atoms with Crippen molar-refractivity contribution in [2.24, 2.45) is 0 Å². The largest absolute Gasteiger partial charge is 0.306 e. The molecule has 0 atom stereocenters. The predicted molar refractivity (Wildman–Crippen MR) is 95.1 cm³/mol. The lowest BCUT2D eigenvalue weighted by Gasteiger charge is -2.23. The summed E-state index contributed by atoms with van der Waals surface area (Å²) in [4.78, 5) is 18.7. The highest BCUT2D eigenvalue weighted by molar-refractivity contribution is 7.91. The Morgan fingerprint density at radius 1 is 1.12 bits per heavy atom. The maximum Gasteiger partial charge on any atom is 0.276 e. The highest BCUT2D eigenvalue weighted by atomic mass is 32.2. The quantitative estimate of drug-likeness (QED) is 0.806. The van der Waals surface area contributed by atoms with Gasteiger partial charge in [-0.15, -0.1) is 0 Å². The van der Waals surface area contributed by atoms with Gasteiger partial charge in [-0.2, -0.15) is 0 Å². The first-order valence-electron chi connectivity index (χ1n) is 8.03. The van der Waals surface area contributed by atoms with Gasteiger partial charge in [0.25, 0.3) is 5.91 Å². The molecule has 0 aliphatic carbocycles. The van der Waals surface area contributed by atoms with Crippen LogP contribution in [0.15, 0.2) is 47.5 Å². The summed E-state index contributed by atoms with van der Waals surface area (Å²) in [7, 11) is -3.43. The van der Waals surface area contributed by atoms with Crippen LogP contribution in [0.2, 0.25) is 0 Å². The topological polar surface area (TPSA) is 67.3 Å². The van der Waals surface area contributed by atoms with E-state index in [9.17, 15) is 13.2 Å². The van der Waals surface area contributed by atoms with Gasteiger partial charge in [-0.25, -0.2) is 8.42 Å². The van der Waals surface area contributed by atoms with E-state index < -0.39 is 9.84 Å². The number of rotatable bonds is 6. The van der Waals surface area contributed by atoms with Gasteiger partial charge in [-0.1, -0.05) is 26.0 Å². The van der Waals surface area contributed by atoms with Crippen molar-refractivity contribution in [3.05, 3.63) is 53.9 Å². The molecule has 2 aromatic rings. The van der Waals surface area contributed by atoms with Crippen molar-refractivity contribution in [3.8, 4) is 0 Å². The molecule has 0 spiro atoms. The minimum atomic E-state index is -3.43. The number of carbonyl (C=O) groups excluding carboxylic acids is 1. The fourth-order valence-electron chi connectivity index (χ4n) is 2.47. The Balaban J connectivity index is 2.51. The molecule has 1 aromatic carbocycles. The van der Waals surface area contributed by atoms with Crippen LogP contribution in [0.4, 0.5) is 5.69 Å². The molecule has 1 aromatic heterocycles. The Bertz CT molecular complexity index is 832. The number of anilines is 1. The van der Waals surface area contributed by atoms with E-state index in [1.165, 1.54) is 4.90 Å². The average molecular weight is 346 g/mol. The van der Waals surface area contributed by atoms with Crippen LogP contribution in [-0.4, -0.2) is 31.6 Å². The number of aryl methyl sites for hydroxylation is 1. The van der Waals surface area contributed by atoms with Gasteiger partial charge in [-0.05, 0) is 43.2 Å². The molecule has 0 aliphatic rings. The maximum atomic E-state index is 12.9. The Labute approximate surface area is 143 Å². The van der Waals surface area contributed by atoms with Crippen molar-refractivity contribution >= 4 is 21.4 Å². The molecule has 0 unspecified atom stereocenters. The molecule has 0 fully saturated rings. The maximum absolute atomic E-state index is 12.9. The van der Waals surface area contributed by atoms with E-state index in [1.807, 2.05) is 19.9 Å². The third kappa shape index (κ3) is 3.64. The number of carbonyl (C=O) groups is 1. The third-order valence-electron chi connectivity index (χ3n) is 3.88. The molecular formula is C18H22N2O3S. The molecule has 0 radical (unpaired) electrons. The molecule has 2 rings (SSSR count). The molecule has 0 N–H and O–H groups in total. The fourth-order valence-corrected chi connectivity index (χ4v) is 3.57. The highest BCUT2D eigenvalue weighted by Gasteiger charge is 2.24. The minimum absolute atomic E-state index is 0.0146. The summed E-state index contributed by atoms with van der Waals surface area (Å²) < 4.78 is 24.7. The SMILES string of the molecule is CCc1ccnc(C(=O)N(CC)c2ccccc2S(=O)(=O)CC)c1. The number of para-hydroxylation sites is 1. The summed E-state index contributed by atoms with van der Waals surface area (Å²) >= 11 is 0. The Morgan fingerprint density at radius 3 is 2.46 bits per heavy atom. The molecule has 128 valence electrons. The molecular weight excluding hydrogens is 324 g/mol. The van der Waals surface area contributed by atoms with Crippen LogP contribution in [-0.2, 0) is 16.3 Å². The van der Waals surface area contributed by atoms with E-state index in [0.717, 1.165) is 12.0 Å². The summed E-state index contributed by atoms with van der Waals surface area (Å²) in [6.45, 7) is 5.77. The molecule has 1 amide bonds. The van der Waals surface area contributed by atoms with Crippen molar-refractivity contribution in [2.45, 2.75) is 32.1 Å². The normalized spacial score (nSPS) is 11.3. The number of pyridine rings is 1. The Kier molecular flexibility index (Phi) is 5.72. The highest BCUT2D eigenvalue weighted by Crippen LogP contribution is 2.27. The van der Waals surface area contributed by atoms with Gasteiger partial charge in [-0.3, -0.25) is 9.78 Å². The number of benzene rings is 1. The van der Waals surface area contributed by atoms with E-state index in [-0.39, 0.29) is 16.6 Å². The van der Waals surface area contributed by atoms with Gasteiger partial charge in [0.15, 0.2) is 9.84 Å². The van der Waals surface area contributed by atoms with E-state index in [2.05, 4.69) is 4.98 Å². The van der Waals surface area contributed by atoms with Crippen LogP contribution < -0.4 is 4.90 Å². The molecule has 0 saturated heterocycles. The number of hydrogen-bond donors (Lipinski definition) is 0. The van der Waals surface area contributed by atoms with Gasteiger partial charge in [0.2, 0.25) is 0 Å². The second-order valence-electron chi connectivity index (χ2n) is 5.32. The van der Waals surface area contributed by atoms with Gasteiger partial charge in [0.1, 0.15) is 5.69 Å². The standard InChI is InChI=1S/C18H22N2O3S/c1-4-14-11-12-19-15(13-14)18(21)20(5-2)16-9-7-8-10-17(16)24(22,23)6-3/h7-13H,4-6H2,1-3H3. The summed E-state index contributed by atoms with van der Waals surface area (Å²) in [5.74, 6) is -0.314. The molecule has 0 aliphatic heterocycles. The van der Waals surface area contributed by atoms with Gasteiger partial charge >= 0.3 is 0 Å². The van der Waals surface area contributed by atoms with Crippen molar-refractivity contribution in [2.75, 3.05) is 17.2 Å². The van der Waals surface area contributed by atoms with Gasteiger partial charge in [0, 0.05) is 12.7 Å². The van der Waals surface area contributed by atoms with E-state index in [4.69, 9.17) is 0 Å². The summed E-state index contributed by atoms with van der Waals surface area (Å²) in [5, 5.41) is 0. The zero-order chi connectivity index (χ0) is 17.7. The van der Waals surface area contributed by atoms with Crippen LogP contribution in [0.3, 0.4) is 0 Å². The summed E-state index contributed by atoms with van der Waals surface area (Å²) in [6.07, 6.45) is 2.41. The lowest BCUT2D eigenvalue weighted by atomic mass is 10.1. The monoisotopic (exact) mass is 346 g/mol. The van der Waals surface area contributed by atoms with Crippen LogP contribution >= 0.6 is 0 Å². The van der Waals surface area contributed by atoms with Gasteiger partial charge < -0.3 is 4.90 Å². The zero-order valence-electron chi connectivity index (χ0n) is 14.2. The Hall–Kier alpha value is -2.21. The van der Waals surface area contributed by atoms with Crippen molar-refractivity contribution in [1.29, 1.82) is 0 Å².